The zero-order valence-corrected chi connectivity index (χ0v) is 20.1. The van der Waals surface area contributed by atoms with Crippen molar-refractivity contribution in [2.24, 2.45) is 7.05 Å². The summed E-state index contributed by atoms with van der Waals surface area (Å²) in [5.41, 5.74) is 5.53. The van der Waals surface area contributed by atoms with E-state index in [-0.39, 0.29) is 11.2 Å². The number of benzene rings is 1. The quantitative estimate of drug-likeness (QED) is 0.514. The highest BCUT2D eigenvalue weighted by Gasteiger charge is 2.31. The molecule has 0 unspecified atom stereocenters. The predicted molar refractivity (Wildman–Crippen MR) is 132 cm³/mol. The van der Waals surface area contributed by atoms with Crippen LogP contribution in [-0.2, 0) is 19.6 Å². The molecule has 1 aromatic carbocycles. The zero-order valence-electron chi connectivity index (χ0n) is 20.1. The second kappa shape index (κ2) is 9.73. The number of nitrogen functional groups attached to an aromatic ring is 1. The molecule has 8 nitrogen and oxygen atoms in total. The van der Waals surface area contributed by atoms with Crippen LogP contribution in [-0.4, -0.2) is 58.7 Å². The minimum absolute atomic E-state index is 0.0643. The third-order valence-electron chi connectivity index (χ3n) is 6.37. The Hall–Kier alpha value is -3.34. The number of aromatic nitrogens is 3. The van der Waals surface area contributed by atoms with Crippen LogP contribution >= 0.6 is 0 Å². The van der Waals surface area contributed by atoms with E-state index in [0.717, 1.165) is 50.7 Å². The van der Waals surface area contributed by atoms with Crippen LogP contribution in [0.3, 0.4) is 0 Å². The first-order valence-electron chi connectivity index (χ1n) is 11.6. The van der Waals surface area contributed by atoms with Crippen LogP contribution in [0.4, 0.5) is 30.5 Å². The molecule has 0 aliphatic carbocycles. The van der Waals surface area contributed by atoms with Crippen LogP contribution in [0.2, 0.25) is 0 Å². The SMILES string of the molecule is CCN1CCN(c2cc3c(NCCc4cc(N)cc(C(F)(F)F)c4)nc(C)nc3c(=O)n2C)CC1. The molecule has 0 atom stereocenters. The first-order valence-corrected chi connectivity index (χ1v) is 11.6. The monoisotopic (exact) mass is 489 g/mol. The van der Waals surface area contributed by atoms with Crippen molar-refractivity contribution in [3.63, 3.8) is 0 Å². The van der Waals surface area contributed by atoms with E-state index >= 15 is 0 Å². The number of alkyl halides is 3. The van der Waals surface area contributed by atoms with E-state index in [0.29, 0.717) is 41.1 Å². The highest BCUT2D eigenvalue weighted by molar-refractivity contribution is 5.90. The second-order valence-corrected chi connectivity index (χ2v) is 8.81. The summed E-state index contributed by atoms with van der Waals surface area (Å²) in [6.07, 6.45) is -4.16. The van der Waals surface area contributed by atoms with Gasteiger partial charge in [-0.25, -0.2) is 9.97 Å². The Bertz CT molecular complexity index is 1280. The van der Waals surface area contributed by atoms with Crippen molar-refractivity contribution in [1.29, 1.82) is 0 Å². The summed E-state index contributed by atoms with van der Waals surface area (Å²) in [4.78, 5) is 26.6. The number of hydrogen-bond donors (Lipinski definition) is 2. The van der Waals surface area contributed by atoms with Crippen molar-refractivity contribution in [3.05, 3.63) is 51.6 Å². The molecule has 1 aliphatic heterocycles. The summed E-state index contributed by atoms with van der Waals surface area (Å²) in [5.74, 6) is 1.71. The normalized spacial score (nSPS) is 15.1. The van der Waals surface area contributed by atoms with E-state index < -0.39 is 11.7 Å². The Morgan fingerprint density at radius 2 is 1.80 bits per heavy atom. The van der Waals surface area contributed by atoms with Gasteiger partial charge in [0.25, 0.3) is 5.56 Å². The number of piperazine rings is 1. The van der Waals surface area contributed by atoms with E-state index in [1.165, 1.54) is 6.07 Å². The minimum Gasteiger partial charge on any atom is -0.399 e. The van der Waals surface area contributed by atoms with Gasteiger partial charge in [-0.1, -0.05) is 6.92 Å². The summed E-state index contributed by atoms with van der Waals surface area (Å²) in [6, 6.07) is 5.48. The zero-order chi connectivity index (χ0) is 25.3. The molecular formula is C24H30F3N7O. The molecule has 11 heteroatoms. The Kier molecular flexibility index (Phi) is 6.88. The van der Waals surface area contributed by atoms with Gasteiger partial charge in [0, 0.05) is 45.5 Å². The summed E-state index contributed by atoms with van der Waals surface area (Å²) in [5, 5.41) is 3.79. The Morgan fingerprint density at radius 1 is 1.09 bits per heavy atom. The average molecular weight is 490 g/mol. The molecule has 35 heavy (non-hydrogen) atoms. The Labute approximate surface area is 201 Å². The van der Waals surface area contributed by atoms with E-state index in [2.05, 4.69) is 32.0 Å². The van der Waals surface area contributed by atoms with Crippen LogP contribution in [0.15, 0.2) is 29.1 Å². The topological polar surface area (TPSA) is 92.3 Å². The predicted octanol–water partition coefficient (Wildman–Crippen LogP) is 3.03. The summed E-state index contributed by atoms with van der Waals surface area (Å²) < 4.78 is 41.0. The van der Waals surface area contributed by atoms with E-state index in [4.69, 9.17) is 5.73 Å². The summed E-state index contributed by atoms with van der Waals surface area (Å²) >= 11 is 0. The number of rotatable bonds is 6. The molecule has 0 bridgehead atoms. The minimum atomic E-state index is -4.46. The molecule has 1 saturated heterocycles. The largest absolute Gasteiger partial charge is 0.416 e. The summed E-state index contributed by atoms with van der Waals surface area (Å²) in [6.45, 7) is 8.58. The van der Waals surface area contributed by atoms with Gasteiger partial charge in [-0.3, -0.25) is 9.36 Å². The number of likely N-dealkylation sites (N-methyl/N-ethyl adjacent to an activating group) is 1. The number of fused-ring (bicyclic) bond motifs is 1. The maximum Gasteiger partial charge on any atom is 0.416 e. The molecule has 3 heterocycles. The molecule has 4 rings (SSSR count). The molecule has 3 aromatic rings. The summed E-state index contributed by atoms with van der Waals surface area (Å²) in [7, 11) is 1.74. The number of pyridine rings is 1. The van der Waals surface area contributed by atoms with Gasteiger partial charge in [0.2, 0.25) is 0 Å². The van der Waals surface area contributed by atoms with Gasteiger partial charge in [0.05, 0.1) is 10.9 Å². The maximum atomic E-state index is 13.2. The lowest BCUT2D eigenvalue weighted by Crippen LogP contribution is -2.47. The van der Waals surface area contributed by atoms with E-state index in [9.17, 15) is 18.0 Å². The first-order chi connectivity index (χ1) is 16.6. The van der Waals surface area contributed by atoms with Crippen molar-refractivity contribution in [1.82, 2.24) is 19.4 Å². The van der Waals surface area contributed by atoms with Crippen molar-refractivity contribution in [2.75, 3.05) is 55.2 Å². The molecule has 1 fully saturated rings. The molecule has 1 aliphatic rings. The first kappa shape index (κ1) is 24.8. The molecule has 0 amide bonds. The van der Waals surface area contributed by atoms with E-state index in [1.54, 1.807) is 18.5 Å². The number of nitrogens with zero attached hydrogens (tertiary/aromatic N) is 5. The van der Waals surface area contributed by atoms with Crippen molar-refractivity contribution in [2.45, 2.75) is 26.4 Å². The molecular weight excluding hydrogens is 459 g/mol. The van der Waals surface area contributed by atoms with Gasteiger partial charge in [0.15, 0.2) is 0 Å². The highest BCUT2D eigenvalue weighted by Crippen LogP contribution is 2.31. The van der Waals surface area contributed by atoms with Gasteiger partial charge in [0.1, 0.15) is 23.0 Å². The van der Waals surface area contributed by atoms with Crippen molar-refractivity contribution in [3.8, 4) is 0 Å². The van der Waals surface area contributed by atoms with Gasteiger partial charge in [-0.2, -0.15) is 13.2 Å². The lowest BCUT2D eigenvalue weighted by Gasteiger charge is -2.36. The molecule has 0 saturated carbocycles. The van der Waals surface area contributed by atoms with Crippen LogP contribution in [0.5, 0.6) is 0 Å². The van der Waals surface area contributed by atoms with Crippen LogP contribution < -0.4 is 21.5 Å². The smallest absolute Gasteiger partial charge is 0.399 e. The number of aryl methyl sites for hydroxylation is 1. The van der Waals surface area contributed by atoms with Crippen LogP contribution in [0.1, 0.15) is 23.9 Å². The second-order valence-electron chi connectivity index (χ2n) is 8.81. The lowest BCUT2D eigenvalue weighted by atomic mass is 10.1. The fraction of sp³-hybridized carbons (Fsp3) is 0.458. The number of nitrogens with two attached hydrogens (primary N) is 1. The number of anilines is 3. The van der Waals surface area contributed by atoms with Crippen molar-refractivity contribution >= 4 is 28.2 Å². The number of nitrogens with one attached hydrogen (secondary N) is 1. The van der Waals surface area contributed by atoms with Gasteiger partial charge < -0.3 is 20.9 Å². The van der Waals surface area contributed by atoms with Crippen molar-refractivity contribution < 1.29 is 13.2 Å². The molecule has 0 radical (unpaired) electrons. The third kappa shape index (κ3) is 5.34. The van der Waals surface area contributed by atoms with E-state index in [1.807, 2.05) is 6.07 Å². The molecule has 2 aromatic heterocycles. The van der Waals surface area contributed by atoms with Gasteiger partial charge in [-0.05, 0) is 49.7 Å². The molecule has 188 valence electrons. The van der Waals surface area contributed by atoms with Gasteiger partial charge >= 0.3 is 6.18 Å². The fourth-order valence-corrected chi connectivity index (χ4v) is 4.45. The highest BCUT2D eigenvalue weighted by atomic mass is 19.4. The fourth-order valence-electron chi connectivity index (χ4n) is 4.45. The molecule has 0 spiro atoms. The third-order valence-corrected chi connectivity index (χ3v) is 6.37. The average Bonchev–Trinajstić information content (AvgIpc) is 2.81. The number of hydrogen-bond acceptors (Lipinski definition) is 7. The molecule has 3 N–H and O–H groups in total. The van der Waals surface area contributed by atoms with Crippen LogP contribution in [0.25, 0.3) is 10.9 Å². The Morgan fingerprint density at radius 3 is 2.46 bits per heavy atom. The van der Waals surface area contributed by atoms with Gasteiger partial charge in [-0.15, -0.1) is 0 Å². The standard InChI is InChI=1S/C24H30F3N7O/c1-4-33-7-9-34(10-8-33)20-14-19-21(23(35)32(20)3)30-15(2)31-22(19)29-6-5-16-11-17(24(25,26)27)13-18(28)12-16/h11-14H,4-10,28H2,1-3H3,(H,29,30,31). The lowest BCUT2D eigenvalue weighted by molar-refractivity contribution is -0.137. The van der Waals surface area contributed by atoms with Crippen LogP contribution in [0, 0.1) is 6.92 Å². The Balaban J connectivity index is 1.61. The maximum absolute atomic E-state index is 13.2. The number of halogens is 3.